The van der Waals surface area contributed by atoms with Crippen LogP contribution in [-0.4, -0.2) is 9.97 Å². The molecule has 1 fully saturated rings. The van der Waals surface area contributed by atoms with Crippen molar-refractivity contribution in [1.29, 1.82) is 0 Å². The van der Waals surface area contributed by atoms with Gasteiger partial charge in [0.2, 0.25) is 0 Å². The van der Waals surface area contributed by atoms with Gasteiger partial charge in [0.1, 0.15) is 5.58 Å². The first-order chi connectivity index (χ1) is 29.4. The van der Waals surface area contributed by atoms with Gasteiger partial charge in [-0.1, -0.05) is 147 Å². The van der Waals surface area contributed by atoms with Gasteiger partial charge in [-0.2, -0.15) is 0 Å². The predicted molar refractivity (Wildman–Crippen MR) is 228 cm³/mol. The summed E-state index contributed by atoms with van der Waals surface area (Å²) in [4.78, 5) is 8.96. The zero-order valence-corrected chi connectivity index (χ0v) is 33.5. The predicted octanol–water partition coefficient (Wildman–Crippen LogP) is 13.9. The largest absolute Gasteiger partial charge is 0.500 e. The Hall–Kier alpha value is -5.41. The van der Waals surface area contributed by atoms with Gasteiger partial charge in [0.25, 0.3) is 0 Å². The van der Waals surface area contributed by atoms with Gasteiger partial charge < -0.3 is 14.4 Å². The molecule has 0 bridgehead atoms. The van der Waals surface area contributed by atoms with E-state index >= 15 is 0 Å². The molecule has 1 aliphatic carbocycles. The van der Waals surface area contributed by atoms with Crippen molar-refractivity contribution in [2.24, 2.45) is 5.92 Å². The molecule has 1 atom stereocenters. The summed E-state index contributed by atoms with van der Waals surface area (Å²) in [5.74, 6) is -1.06. The molecule has 0 aliphatic heterocycles. The molecule has 56 heavy (non-hydrogen) atoms. The van der Waals surface area contributed by atoms with Crippen LogP contribution in [0.5, 0.6) is 0 Å². The quantitative estimate of drug-likeness (QED) is 0.123. The molecule has 3 aromatic heterocycles. The maximum atomic E-state index is 9.14. The standard InChI is InChI=1S/C33H22NO.C19H22N.Ir/c1-21(22-10-3-2-4-11-22)23-18-19-34-30(20-23)28-16-9-17-29-31-26-14-7-5-12-24(26)25-13-6-8-15-27(25)33(31)35-32(28)29;1-15-14-20-19(17-10-6-3-7-11-17)13-18(15)12-16-8-4-2-5-9-16;/h2-15,17-21H,1H3;3,6-7,10,13-14,16H,2,4-5,8-9,12H2,1H3;/q2*-1;/i21D;1D3,12D2;. The summed E-state index contributed by atoms with van der Waals surface area (Å²) in [5, 5.41) is 6.82. The smallest absolute Gasteiger partial charge is 0.129 e. The van der Waals surface area contributed by atoms with E-state index in [9.17, 15) is 0 Å². The third-order valence-corrected chi connectivity index (χ3v) is 10.8. The molecular weight excluding hydrogens is 861 g/mol. The van der Waals surface area contributed by atoms with Gasteiger partial charge in [-0.25, -0.2) is 0 Å². The van der Waals surface area contributed by atoms with Crippen molar-refractivity contribution in [2.45, 2.75) is 58.1 Å². The molecule has 9 aromatic rings. The monoisotopic (exact) mass is 911 g/mol. The molecule has 6 aromatic carbocycles. The van der Waals surface area contributed by atoms with E-state index in [4.69, 9.17) is 12.6 Å². The summed E-state index contributed by atoms with van der Waals surface area (Å²) in [5.41, 5.74) is 6.58. The maximum Gasteiger partial charge on any atom is 0.129 e. The number of pyridine rings is 2. The molecule has 0 saturated heterocycles. The normalized spacial score (nSPS) is 16.3. The number of furan rings is 1. The third kappa shape index (κ3) is 7.44. The molecule has 0 N–H and O–H groups in total. The van der Waals surface area contributed by atoms with Crippen LogP contribution in [0.3, 0.4) is 0 Å². The Balaban J connectivity index is 0.000000180. The van der Waals surface area contributed by atoms with E-state index in [0.29, 0.717) is 5.69 Å². The van der Waals surface area contributed by atoms with Crippen LogP contribution in [0, 0.1) is 24.9 Å². The number of hydrogen-bond donors (Lipinski definition) is 0. The maximum absolute atomic E-state index is 9.14. The molecule has 1 unspecified atom stereocenters. The fourth-order valence-electron chi connectivity index (χ4n) is 7.96. The summed E-state index contributed by atoms with van der Waals surface area (Å²) in [6, 6.07) is 50.2. The first-order valence-electron chi connectivity index (χ1n) is 22.1. The minimum absolute atomic E-state index is 0. The first-order valence-corrected chi connectivity index (χ1v) is 19.1. The minimum atomic E-state index is -2.39. The molecular formula is C52H44IrN2O-2. The second-order valence-electron chi connectivity index (χ2n) is 14.3. The fraction of sp³-hybridized carbons (Fsp3) is 0.192. The molecule has 3 nitrogen and oxygen atoms in total. The number of aryl methyl sites for hydroxylation is 1. The molecule has 4 heteroatoms. The molecule has 279 valence electrons. The number of rotatable bonds is 6. The molecule has 0 amide bonds. The van der Waals surface area contributed by atoms with E-state index in [1.807, 2.05) is 73.7 Å². The van der Waals surface area contributed by atoms with E-state index in [-0.39, 0.29) is 37.2 Å². The second-order valence-corrected chi connectivity index (χ2v) is 14.3. The Morgan fingerprint density at radius 2 is 1.45 bits per heavy atom. The van der Waals surface area contributed by atoms with Gasteiger partial charge in [-0.3, -0.25) is 0 Å². The van der Waals surface area contributed by atoms with Crippen LogP contribution in [-0.2, 0) is 26.5 Å². The van der Waals surface area contributed by atoms with Gasteiger partial charge in [0.05, 0.1) is 5.58 Å². The summed E-state index contributed by atoms with van der Waals surface area (Å²) in [7, 11) is 0. The Morgan fingerprint density at radius 3 is 2.21 bits per heavy atom. The zero-order chi connectivity index (χ0) is 42.4. The molecule has 1 aliphatic rings. The topological polar surface area (TPSA) is 38.9 Å². The van der Waals surface area contributed by atoms with Crippen molar-refractivity contribution in [3.8, 4) is 22.5 Å². The van der Waals surface area contributed by atoms with Crippen LogP contribution in [0.2, 0.25) is 0 Å². The van der Waals surface area contributed by atoms with Crippen LogP contribution in [0.1, 0.15) is 75.4 Å². The van der Waals surface area contributed by atoms with Crippen LogP contribution < -0.4 is 0 Å². The van der Waals surface area contributed by atoms with Crippen molar-refractivity contribution in [1.82, 2.24) is 9.97 Å². The molecule has 3 heterocycles. The zero-order valence-electron chi connectivity index (χ0n) is 37.1. The summed E-state index contributed by atoms with van der Waals surface area (Å²) < 4.78 is 56.6. The average molecular weight is 911 g/mol. The number of benzene rings is 6. The van der Waals surface area contributed by atoms with Gasteiger partial charge >= 0.3 is 0 Å². The van der Waals surface area contributed by atoms with Crippen molar-refractivity contribution in [3.63, 3.8) is 0 Å². The van der Waals surface area contributed by atoms with Crippen LogP contribution in [0.4, 0.5) is 0 Å². The fourth-order valence-corrected chi connectivity index (χ4v) is 7.96. The molecule has 10 rings (SSSR count). The van der Waals surface area contributed by atoms with Gasteiger partial charge in [-0.05, 0) is 69.4 Å². The Morgan fingerprint density at radius 1 is 0.714 bits per heavy atom. The van der Waals surface area contributed by atoms with Crippen molar-refractivity contribution >= 4 is 43.5 Å². The summed E-state index contributed by atoms with van der Waals surface area (Å²) in [6.45, 7) is -0.464. The summed E-state index contributed by atoms with van der Waals surface area (Å²) in [6.07, 6.45) is 6.12. The molecule has 0 spiro atoms. The second kappa shape index (κ2) is 16.8. The van der Waals surface area contributed by atoms with Crippen LogP contribution in [0.15, 0.2) is 150 Å². The Bertz CT molecular complexity index is 3010. The van der Waals surface area contributed by atoms with Crippen LogP contribution >= 0.6 is 0 Å². The first kappa shape index (κ1) is 30.8. The van der Waals surface area contributed by atoms with Crippen molar-refractivity contribution < 1.29 is 32.7 Å². The van der Waals surface area contributed by atoms with E-state index in [2.05, 4.69) is 76.7 Å². The number of nitrogens with zero attached hydrogens (tertiary/aromatic N) is 2. The van der Waals surface area contributed by atoms with E-state index in [1.54, 1.807) is 18.3 Å². The average Bonchev–Trinajstić information content (AvgIpc) is 3.70. The number of hydrogen-bond acceptors (Lipinski definition) is 3. The van der Waals surface area contributed by atoms with Crippen molar-refractivity contribution in [3.05, 3.63) is 180 Å². The minimum Gasteiger partial charge on any atom is -0.500 e. The molecule has 1 radical (unpaired) electrons. The number of aromatic nitrogens is 2. The van der Waals surface area contributed by atoms with Gasteiger partial charge in [0, 0.05) is 57.4 Å². The van der Waals surface area contributed by atoms with Gasteiger partial charge in [0.15, 0.2) is 0 Å². The van der Waals surface area contributed by atoms with E-state index < -0.39 is 19.1 Å². The Labute approximate surface area is 351 Å². The number of fused-ring (bicyclic) bond motifs is 8. The van der Waals surface area contributed by atoms with Crippen LogP contribution in [0.25, 0.3) is 66.0 Å². The Kier molecular flexibility index (Phi) is 9.21. The third-order valence-electron chi connectivity index (χ3n) is 10.8. The van der Waals surface area contributed by atoms with Gasteiger partial charge in [-0.15, -0.1) is 54.1 Å². The van der Waals surface area contributed by atoms with Crippen molar-refractivity contribution in [2.75, 3.05) is 0 Å². The molecule has 1 saturated carbocycles. The summed E-state index contributed by atoms with van der Waals surface area (Å²) >= 11 is 0. The van der Waals surface area contributed by atoms with E-state index in [1.165, 1.54) is 22.4 Å². The SMILES string of the molecule is [2H]C(C)(c1ccccc1)c1ccnc(-c2[c-]ccc3c2oc2c4ccccc4c4ccccc4c32)c1.[2H]C([2H])([2H])c1cnc(-c2[c-]cccc2)cc1C([2H])([2H])C1CCCCC1.[Ir]. The van der Waals surface area contributed by atoms with E-state index in [0.717, 1.165) is 87.4 Å².